The summed E-state index contributed by atoms with van der Waals surface area (Å²) >= 11 is 1.34. The minimum atomic E-state index is -3.57. The van der Waals surface area contributed by atoms with E-state index in [1.165, 1.54) is 46.8 Å². The number of hydrogen-bond acceptors (Lipinski definition) is 6. The van der Waals surface area contributed by atoms with E-state index in [2.05, 4.69) is 5.32 Å². The van der Waals surface area contributed by atoms with Crippen molar-refractivity contribution in [3.05, 3.63) is 45.8 Å². The van der Waals surface area contributed by atoms with Crippen molar-refractivity contribution in [3.63, 3.8) is 0 Å². The molecule has 1 N–H and O–H groups in total. The van der Waals surface area contributed by atoms with Crippen LogP contribution >= 0.6 is 11.3 Å². The number of hydrogen-bond donors (Lipinski definition) is 1. The monoisotopic (exact) mass is 560 g/mol. The van der Waals surface area contributed by atoms with Gasteiger partial charge >= 0.3 is 0 Å². The third-order valence-electron chi connectivity index (χ3n) is 7.04. The van der Waals surface area contributed by atoms with Crippen LogP contribution in [0.1, 0.15) is 77.6 Å². The Labute approximate surface area is 228 Å². The molecule has 38 heavy (non-hydrogen) atoms. The van der Waals surface area contributed by atoms with Crippen molar-refractivity contribution >= 4 is 44.1 Å². The first kappa shape index (κ1) is 28.3. The number of amides is 3. The molecular weight excluding hydrogens is 524 g/mol. The highest BCUT2D eigenvalue weighted by Gasteiger charge is 2.32. The normalized spacial score (nSPS) is 15.8. The Morgan fingerprint density at radius 2 is 1.63 bits per heavy atom. The van der Waals surface area contributed by atoms with E-state index in [0.717, 1.165) is 36.1 Å². The lowest BCUT2D eigenvalue weighted by atomic mass is 10.0. The first-order valence-electron chi connectivity index (χ1n) is 13.3. The van der Waals surface area contributed by atoms with Crippen molar-refractivity contribution in [3.8, 4) is 0 Å². The van der Waals surface area contributed by atoms with Crippen molar-refractivity contribution in [1.82, 2.24) is 14.1 Å². The number of carbonyl (C=O) groups excluding carboxylic acids is 3. The molecule has 9 nitrogen and oxygen atoms in total. The Morgan fingerprint density at radius 3 is 2.21 bits per heavy atom. The molecule has 1 aromatic heterocycles. The molecule has 11 heteroatoms. The summed E-state index contributed by atoms with van der Waals surface area (Å²) in [5, 5.41) is 3.40. The zero-order chi connectivity index (χ0) is 27.4. The first-order valence-corrected chi connectivity index (χ1v) is 15.5. The topological polar surface area (TPSA) is 107 Å². The van der Waals surface area contributed by atoms with Gasteiger partial charge in [0.25, 0.3) is 11.8 Å². The predicted molar refractivity (Wildman–Crippen MR) is 148 cm³/mol. The standard InChI is InChI=1S/C27H36N4O5S2/c1-4-13-29(14-5-2)27(34)24-22-12-17-30(19(3)32)18-23(22)37-26(24)28-25(33)20-8-10-21(11-9-20)38(35,36)31-15-6-7-16-31/h8-11H,4-7,12-18H2,1-3H3,(H,28,33). The SMILES string of the molecule is CCCN(CCC)C(=O)c1c(NC(=O)c2ccc(S(=O)(=O)N3CCCC3)cc2)sc2c1CCN(C(C)=O)C2. The van der Waals surface area contributed by atoms with Gasteiger partial charge in [-0.15, -0.1) is 11.3 Å². The number of sulfonamides is 1. The fourth-order valence-electron chi connectivity index (χ4n) is 5.03. The molecule has 4 rings (SSSR count). The molecule has 3 heterocycles. The molecule has 0 atom stereocenters. The van der Waals surface area contributed by atoms with E-state index in [4.69, 9.17) is 0 Å². The Kier molecular flexibility index (Phi) is 8.89. The largest absolute Gasteiger partial charge is 0.339 e. The second-order valence-corrected chi connectivity index (χ2v) is 12.8. The molecule has 206 valence electrons. The third-order valence-corrected chi connectivity index (χ3v) is 10.1. The van der Waals surface area contributed by atoms with Gasteiger partial charge in [0.2, 0.25) is 15.9 Å². The van der Waals surface area contributed by atoms with Crippen molar-refractivity contribution in [2.75, 3.05) is 38.0 Å². The molecule has 2 aliphatic heterocycles. The lowest BCUT2D eigenvalue weighted by Gasteiger charge is -2.27. The number of rotatable bonds is 9. The molecule has 1 aromatic carbocycles. The summed E-state index contributed by atoms with van der Waals surface area (Å²) in [6, 6.07) is 5.93. The van der Waals surface area contributed by atoms with E-state index in [0.29, 0.717) is 61.8 Å². The number of carbonyl (C=O) groups is 3. The predicted octanol–water partition coefficient (Wildman–Crippen LogP) is 3.95. The number of nitrogens with zero attached hydrogens (tertiary/aromatic N) is 3. The zero-order valence-corrected chi connectivity index (χ0v) is 23.9. The summed E-state index contributed by atoms with van der Waals surface area (Å²) in [7, 11) is -3.57. The Bertz CT molecular complexity index is 1290. The first-order chi connectivity index (χ1) is 18.2. The number of benzene rings is 1. The molecule has 0 unspecified atom stereocenters. The van der Waals surface area contributed by atoms with Crippen LogP contribution in [0.4, 0.5) is 5.00 Å². The summed E-state index contributed by atoms with van der Waals surface area (Å²) in [4.78, 5) is 43.6. The van der Waals surface area contributed by atoms with Gasteiger partial charge in [0, 0.05) is 50.1 Å². The third kappa shape index (κ3) is 5.79. The van der Waals surface area contributed by atoms with Gasteiger partial charge in [0.15, 0.2) is 0 Å². The Balaban J connectivity index is 1.62. The number of thiophene rings is 1. The van der Waals surface area contributed by atoms with E-state index >= 15 is 0 Å². The van der Waals surface area contributed by atoms with E-state index in [1.807, 2.05) is 18.7 Å². The van der Waals surface area contributed by atoms with Crippen LogP contribution in [0.15, 0.2) is 29.2 Å². The van der Waals surface area contributed by atoms with Crippen LogP contribution in [0.3, 0.4) is 0 Å². The molecule has 2 aliphatic rings. The second-order valence-electron chi connectivity index (χ2n) is 9.78. The van der Waals surface area contributed by atoms with Gasteiger partial charge in [-0.25, -0.2) is 8.42 Å². The highest BCUT2D eigenvalue weighted by molar-refractivity contribution is 7.89. The quantitative estimate of drug-likeness (QED) is 0.500. The maximum absolute atomic E-state index is 13.7. The fraction of sp³-hybridized carbons (Fsp3) is 0.519. The Morgan fingerprint density at radius 1 is 1.00 bits per heavy atom. The highest BCUT2D eigenvalue weighted by atomic mass is 32.2. The van der Waals surface area contributed by atoms with E-state index in [-0.39, 0.29) is 16.7 Å². The van der Waals surface area contributed by atoms with E-state index in [9.17, 15) is 22.8 Å². The molecular formula is C27H36N4O5S2. The van der Waals surface area contributed by atoms with Crippen molar-refractivity contribution in [1.29, 1.82) is 0 Å². The van der Waals surface area contributed by atoms with Crippen molar-refractivity contribution < 1.29 is 22.8 Å². The molecule has 1 saturated heterocycles. The molecule has 1 fully saturated rings. The summed E-state index contributed by atoms with van der Waals surface area (Å²) in [6.45, 7) is 8.80. The average Bonchev–Trinajstić information content (AvgIpc) is 3.56. The van der Waals surface area contributed by atoms with Crippen LogP contribution in [-0.4, -0.2) is 73.0 Å². The maximum atomic E-state index is 13.7. The van der Waals surface area contributed by atoms with Crippen LogP contribution in [0.25, 0.3) is 0 Å². The fourth-order valence-corrected chi connectivity index (χ4v) is 7.80. The summed E-state index contributed by atoms with van der Waals surface area (Å²) in [5.74, 6) is -0.543. The lowest BCUT2D eigenvalue weighted by molar-refractivity contribution is -0.129. The highest BCUT2D eigenvalue weighted by Crippen LogP contribution is 2.38. The van der Waals surface area contributed by atoms with Gasteiger partial charge in [-0.3, -0.25) is 14.4 Å². The van der Waals surface area contributed by atoms with Crippen LogP contribution in [0.2, 0.25) is 0 Å². The Hall–Kier alpha value is -2.76. The van der Waals surface area contributed by atoms with Crippen LogP contribution in [0, 0.1) is 0 Å². The van der Waals surface area contributed by atoms with Crippen LogP contribution in [0.5, 0.6) is 0 Å². The molecule has 0 bridgehead atoms. The average molecular weight is 561 g/mol. The number of fused-ring (bicyclic) bond motifs is 1. The minimum Gasteiger partial charge on any atom is -0.339 e. The molecule has 0 radical (unpaired) electrons. The van der Waals surface area contributed by atoms with Gasteiger partial charge in [-0.05, 0) is 61.9 Å². The summed E-state index contributed by atoms with van der Waals surface area (Å²) in [5.41, 5.74) is 1.72. The molecule has 0 aliphatic carbocycles. The van der Waals surface area contributed by atoms with Crippen molar-refractivity contribution in [2.45, 2.75) is 64.3 Å². The zero-order valence-electron chi connectivity index (χ0n) is 22.3. The second kappa shape index (κ2) is 12.0. The van der Waals surface area contributed by atoms with Gasteiger partial charge in [0.05, 0.1) is 17.0 Å². The van der Waals surface area contributed by atoms with E-state index in [1.54, 1.807) is 4.90 Å². The summed E-state index contributed by atoms with van der Waals surface area (Å²) < 4.78 is 27.2. The van der Waals surface area contributed by atoms with Crippen LogP contribution in [-0.2, 0) is 27.8 Å². The van der Waals surface area contributed by atoms with Gasteiger partial charge < -0.3 is 15.1 Å². The van der Waals surface area contributed by atoms with E-state index < -0.39 is 15.9 Å². The maximum Gasteiger partial charge on any atom is 0.257 e. The lowest BCUT2D eigenvalue weighted by Crippen LogP contribution is -2.36. The smallest absolute Gasteiger partial charge is 0.257 e. The van der Waals surface area contributed by atoms with Crippen molar-refractivity contribution in [2.24, 2.45) is 0 Å². The van der Waals surface area contributed by atoms with Gasteiger partial charge in [-0.1, -0.05) is 13.8 Å². The summed E-state index contributed by atoms with van der Waals surface area (Å²) in [6.07, 6.45) is 3.90. The number of anilines is 1. The molecule has 2 aromatic rings. The van der Waals surface area contributed by atoms with Gasteiger partial charge in [0.1, 0.15) is 5.00 Å². The van der Waals surface area contributed by atoms with Gasteiger partial charge in [-0.2, -0.15) is 4.31 Å². The molecule has 0 saturated carbocycles. The number of nitrogens with one attached hydrogen (secondary N) is 1. The van der Waals surface area contributed by atoms with Crippen LogP contribution < -0.4 is 5.32 Å². The molecule has 3 amide bonds. The minimum absolute atomic E-state index is 0.0231. The molecule has 0 spiro atoms.